The molecular weight excluding hydrogens is 378 g/mol. The third-order valence-electron chi connectivity index (χ3n) is 5.15. The molecule has 0 aromatic heterocycles. The molecule has 0 radical (unpaired) electrons. The second-order valence-electron chi connectivity index (χ2n) is 7.31. The Bertz CT molecular complexity index is 1230. The first-order valence-electron chi connectivity index (χ1n) is 10.1. The second-order valence-corrected chi connectivity index (χ2v) is 7.31. The van der Waals surface area contributed by atoms with Crippen molar-refractivity contribution in [2.45, 2.75) is 32.8 Å². The van der Waals surface area contributed by atoms with Gasteiger partial charge in [-0.2, -0.15) is 8.78 Å². The van der Waals surface area contributed by atoms with Gasteiger partial charge in [0.2, 0.25) is 0 Å². The van der Waals surface area contributed by atoms with E-state index < -0.39 is 6.61 Å². The molecule has 3 heteroatoms. The van der Waals surface area contributed by atoms with Crippen molar-refractivity contribution >= 4 is 21.5 Å². The molecule has 0 aliphatic carbocycles. The van der Waals surface area contributed by atoms with Crippen LogP contribution in [0.4, 0.5) is 8.78 Å². The lowest BCUT2D eigenvalue weighted by molar-refractivity contribution is -0.0498. The van der Waals surface area contributed by atoms with Gasteiger partial charge in [0.05, 0.1) is 0 Å². The van der Waals surface area contributed by atoms with E-state index in [1.807, 2.05) is 6.07 Å². The Hall–Kier alpha value is -3.38. The minimum Gasteiger partial charge on any atom is -0.435 e. The summed E-state index contributed by atoms with van der Waals surface area (Å²) in [5, 5.41) is 4.88. The van der Waals surface area contributed by atoms with Gasteiger partial charge in [-0.05, 0) is 76.3 Å². The molecule has 4 aromatic rings. The Balaban J connectivity index is 1.59. The first kappa shape index (κ1) is 19.9. The van der Waals surface area contributed by atoms with Gasteiger partial charge in [0.25, 0.3) is 0 Å². The zero-order chi connectivity index (χ0) is 20.9. The van der Waals surface area contributed by atoms with E-state index in [9.17, 15) is 8.78 Å². The van der Waals surface area contributed by atoms with E-state index >= 15 is 0 Å². The summed E-state index contributed by atoms with van der Waals surface area (Å²) in [5.41, 5.74) is 3.04. The number of rotatable bonds is 5. The van der Waals surface area contributed by atoms with E-state index in [1.54, 1.807) is 12.1 Å². The fourth-order valence-electron chi connectivity index (χ4n) is 3.60. The molecule has 0 unspecified atom stereocenters. The summed E-state index contributed by atoms with van der Waals surface area (Å²) >= 11 is 0. The molecule has 0 bridgehead atoms. The van der Waals surface area contributed by atoms with Gasteiger partial charge in [0.15, 0.2) is 0 Å². The second kappa shape index (κ2) is 8.97. The van der Waals surface area contributed by atoms with E-state index in [4.69, 9.17) is 0 Å². The van der Waals surface area contributed by atoms with E-state index in [0.717, 1.165) is 22.9 Å². The number of ether oxygens (including phenoxy) is 1. The Morgan fingerprint density at radius 1 is 0.767 bits per heavy atom. The summed E-state index contributed by atoms with van der Waals surface area (Å²) in [6.45, 7) is -0.607. The summed E-state index contributed by atoms with van der Waals surface area (Å²) in [6.07, 6.45) is 3.53. The molecule has 0 atom stereocenters. The molecule has 30 heavy (non-hydrogen) atoms. The normalized spacial score (nSPS) is 10.9. The van der Waals surface area contributed by atoms with Gasteiger partial charge in [0, 0.05) is 11.1 Å². The molecule has 4 aromatic carbocycles. The van der Waals surface area contributed by atoms with Gasteiger partial charge in [-0.1, -0.05) is 61.6 Å². The summed E-state index contributed by atoms with van der Waals surface area (Å²) < 4.78 is 28.8. The standard InChI is InChI=1S/C27H22F2O/c1-2-3-4-20-9-15-25-22(17-20)11-12-23-18-21(10-16-26(23)25)6-5-19-7-13-24(14-8-19)30-27(28)29/h7-18,27H,2-4H2,1H3. The monoisotopic (exact) mass is 400 g/mol. The van der Waals surface area contributed by atoms with Crippen LogP contribution in [0.2, 0.25) is 0 Å². The Morgan fingerprint density at radius 3 is 2.10 bits per heavy atom. The molecule has 4 rings (SSSR count). The maximum absolute atomic E-state index is 12.2. The average molecular weight is 400 g/mol. The molecule has 0 saturated heterocycles. The van der Waals surface area contributed by atoms with Gasteiger partial charge in [-0.15, -0.1) is 0 Å². The van der Waals surface area contributed by atoms with Crippen molar-refractivity contribution in [3.8, 4) is 17.6 Å². The van der Waals surface area contributed by atoms with Gasteiger partial charge >= 0.3 is 6.61 Å². The third kappa shape index (κ3) is 4.60. The van der Waals surface area contributed by atoms with Crippen molar-refractivity contribution in [3.63, 3.8) is 0 Å². The third-order valence-corrected chi connectivity index (χ3v) is 5.15. The quantitative estimate of drug-likeness (QED) is 0.252. The summed E-state index contributed by atoms with van der Waals surface area (Å²) in [5.74, 6) is 6.36. The molecule has 0 amide bonds. The zero-order valence-electron chi connectivity index (χ0n) is 16.8. The van der Waals surface area contributed by atoms with E-state index in [0.29, 0.717) is 0 Å². The number of hydrogen-bond acceptors (Lipinski definition) is 1. The summed E-state index contributed by atoms with van der Waals surface area (Å²) in [7, 11) is 0. The molecule has 0 spiro atoms. The van der Waals surface area contributed by atoms with E-state index in [1.165, 1.54) is 46.7 Å². The van der Waals surface area contributed by atoms with Crippen molar-refractivity contribution in [3.05, 3.63) is 89.5 Å². The Kier molecular flexibility index (Phi) is 5.95. The number of benzene rings is 4. The van der Waals surface area contributed by atoms with Crippen LogP contribution in [-0.4, -0.2) is 6.61 Å². The molecule has 1 nitrogen and oxygen atoms in total. The molecule has 0 heterocycles. The average Bonchev–Trinajstić information content (AvgIpc) is 2.76. The highest BCUT2D eigenvalue weighted by atomic mass is 19.3. The van der Waals surface area contributed by atoms with Crippen LogP contribution in [0.15, 0.2) is 72.8 Å². The van der Waals surface area contributed by atoms with Crippen LogP contribution in [0.5, 0.6) is 5.75 Å². The molecule has 0 saturated carbocycles. The highest BCUT2D eigenvalue weighted by molar-refractivity contribution is 6.07. The predicted octanol–water partition coefficient (Wildman–Crippen LogP) is 7.34. The molecule has 0 N–H and O–H groups in total. The number of aryl methyl sites for hydroxylation is 1. The maximum atomic E-state index is 12.2. The lowest BCUT2D eigenvalue weighted by atomic mass is 9.97. The van der Waals surface area contributed by atoms with Crippen LogP contribution >= 0.6 is 0 Å². The Morgan fingerprint density at radius 2 is 1.40 bits per heavy atom. The van der Waals surface area contributed by atoms with Gasteiger partial charge in [0.1, 0.15) is 5.75 Å². The summed E-state index contributed by atoms with van der Waals surface area (Å²) in [4.78, 5) is 0. The fraction of sp³-hybridized carbons (Fsp3) is 0.185. The van der Waals surface area contributed by atoms with Crippen molar-refractivity contribution in [2.75, 3.05) is 0 Å². The lowest BCUT2D eigenvalue weighted by Crippen LogP contribution is -2.01. The molecule has 0 aliphatic rings. The zero-order valence-corrected chi connectivity index (χ0v) is 16.8. The lowest BCUT2D eigenvalue weighted by Gasteiger charge is -2.07. The van der Waals surface area contributed by atoms with Crippen molar-refractivity contribution in [2.24, 2.45) is 0 Å². The molecular formula is C27H22F2O. The van der Waals surface area contributed by atoms with Crippen LogP contribution in [-0.2, 0) is 6.42 Å². The Labute approximate surface area is 175 Å². The van der Waals surface area contributed by atoms with Crippen molar-refractivity contribution < 1.29 is 13.5 Å². The van der Waals surface area contributed by atoms with Crippen LogP contribution < -0.4 is 4.74 Å². The van der Waals surface area contributed by atoms with Crippen molar-refractivity contribution in [1.82, 2.24) is 0 Å². The first-order chi connectivity index (χ1) is 14.6. The largest absolute Gasteiger partial charge is 0.435 e. The topological polar surface area (TPSA) is 9.23 Å². The molecule has 150 valence electrons. The number of halogens is 2. The van der Waals surface area contributed by atoms with E-state index in [2.05, 4.69) is 66.0 Å². The van der Waals surface area contributed by atoms with Crippen LogP contribution in [0.1, 0.15) is 36.5 Å². The number of unbranched alkanes of at least 4 members (excludes halogenated alkanes) is 1. The maximum Gasteiger partial charge on any atom is 0.387 e. The number of alkyl halides is 2. The first-order valence-corrected chi connectivity index (χ1v) is 10.1. The smallest absolute Gasteiger partial charge is 0.387 e. The number of fused-ring (bicyclic) bond motifs is 3. The van der Waals surface area contributed by atoms with Crippen LogP contribution in [0.25, 0.3) is 21.5 Å². The van der Waals surface area contributed by atoms with Crippen molar-refractivity contribution in [1.29, 1.82) is 0 Å². The highest BCUT2D eigenvalue weighted by Crippen LogP contribution is 2.27. The van der Waals surface area contributed by atoms with Crippen LogP contribution in [0.3, 0.4) is 0 Å². The van der Waals surface area contributed by atoms with Gasteiger partial charge < -0.3 is 4.74 Å². The highest BCUT2D eigenvalue weighted by Gasteiger charge is 2.04. The fourth-order valence-corrected chi connectivity index (χ4v) is 3.60. The number of hydrogen-bond donors (Lipinski definition) is 0. The van der Waals surface area contributed by atoms with Gasteiger partial charge in [-0.25, -0.2) is 0 Å². The predicted molar refractivity (Wildman–Crippen MR) is 119 cm³/mol. The summed E-state index contributed by atoms with van der Waals surface area (Å²) in [6, 6.07) is 23.6. The van der Waals surface area contributed by atoms with Crippen LogP contribution in [0, 0.1) is 11.8 Å². The molecule has 0 fully saturated rings. The minimum absolute atomic E-state index is 0.131. The van der Waals surface area contributed by atoms with E-state index in [-0.39, 0.29) is 5.75 Å². The van der Waals surface area contributed by atoms with Gasteiger partial charge in [-0.3, -0.25) is 0 Å². The minimum atomic E-state index is -2.82. The SMILES string of the molecule is CCCCc1ccc2c(ccc3cc(C#Cc4ccc(OC(F)F)cc4)ccc32)c1. The molecule has 0 aliphatic heterocycles.